The van der Waals surface area contributed by atoms with Crippen LogP contribution in [0, 0.1) is 11.6 Å². The van der Waals surface area contributed by atoms with Gasteiger partial charge in [0.05, 0.1) is 11.8 Å². The monoisotopic (exact) mass is 471 g/mol. The minimum absolute atomic E-state index is 0.0672. The van der Waals surface area contributed by atoms with Crippen LogP contribution in [0.5, 0.6) is 0 Å². The molecule has 0 fully saturated rings. The molecule has 2 unspecified atom stereocenters. The molecule has 0 aliphatic carbocycles. The van der Waals surface area contributed by atoms with Crippen LogP contribution in [0.4, 0.5) is 14.5 Å². The highest BCUT2D eigenvalue weighted by molar-refractivity contribution is 9.10. The second-order valence-electron chi connectivity index (χ2n) is 6.14. The van der Waals surface area contributed by atoms with Crippen LogP contribution in [0.1, 0.15) is 37.6 Å². The fraction of sp³-hybridized carbons (Fsp3) is 0.300. The number of nitrogens with one attached hydrogen (secondary N) is 1. The topological polar surface area (TPSA) is 55.4 Å². The van der Waals surface area contributed by atoms with Crippen molar-refractivity contribution < 1.29 is 23.1 Å². The Hall–Kier alpha value is -1.93. The van der Waals surface area contributed by atoms with Crippen LogP contribution >= 0.6 is 27.7 Å². The zero-order valence-corrected chi connectivity index (χ0v) is 18.0. The molecule has 8 heteroatoms. The van der Waals surface area contributed by atoms with E-state index in [2.05, 4.69) is 21.2 Å². The van der Waals surface area contributed by atoms with Crippen LogP contribution in [-0.4, -0.2) is 23.2 Å². The van der Waals surface area contributed by atoms with E-state index in [1.807, 2.05) is 13.8 Å². The summed E-state index contributed by atoms with van der Waals surface area (Å²) in [6.45, 7) is 5.42. The Morgan fingerprint density at radius 2 is 1.93 bits per heavy atom. The molecule has 0 saturated heterocycles. The number of esters is 1. The summed E-state index contributed by atoms with van der Waals surface area (Å²) in [4.78, 5) is 25.0. The molecule has 0 radical (unpaired) electrons. The lowest BCUT2D eigenvalue weighted by atomic mass is 10.2. The third-order valence-corrected chi connectivity index (χ3v) is 5.94. The van der Waals surface area contributed by atoms with Gasteiger partial charge in [0.25, 0.3) is 5.91 Å². The molecule has 2 aromatic carbocycles. The first kappa shape index (κ1) is 22.4. The zero-order valence-electron chi connectivity index (χ0n) is 15.6. The maximum atomic E-state index is 14.3. The Morgan fingerprint density at radius 1 is 1.21 bits per heavy atom. The molecule has 150 valence electrons. The minimum atomic E-state index is -0.657. The van der Waals surface area contributed by atoms with Gasteiger partial charge in [0.2, 0.25) is 0 Å². The van der Waals surface area contributed by atoms with Crippen LogP contribution in [0.3, 0.4) is 0 Å². The van der Waals surface area contributed by atoms with Crippen molar-refractivity contribution in [1.82, 2.24) is 0 Å². The molecule has 0 heterocycles. The Labute approximate surface area is 175 Å². The van der Waals surface area contributed by atoms with E-state index in [9.17, 15) is 18.4 Å². The lowest BCUT2D eigenvalue weighted by molar-refractivity contribution is -0.147. The van der Waals surface area contributed by atoms with Crippen LogP contribution < -0.4 is 5.32 Å². The Morgan fingerprint density at radius 3 is 2.57 bits per heavy atom. The largest absolute Gasteiger partial charge is 0.462 e. The van der Waals surface area contributed by atoms with Gasteiger partial charge in [-0.3, -0.25) is 9.59 Å². The number of hydrogen-bond acceptors (Lipinski definition) is 4. The van der Waals surface area contributed by atoms with Gasteiger partial charge >= 0.3 is 5.97 Å². The SMILES string of the molecule is CCC(C)OC(=O)C(C)Sc1cc(NC(=O)c2cccc(F)c2)c(F)cc1Br. The highest BCUT2D eigenvalue weighted by Gasteiger charge is 2.21. The predicted octanol–water partition coefficient (Wildman–Crippen LogP) is 5.80. The van der Waals surface area contributed by atoms with Crippen molar-refractivity contribution in [3.63, 3.8) is 0 Å². The normalized spacial score (nSPS) is 12.9. The van der Waals surface area contributed by atoms with E-state index in [-0.39, 0.29) is 23.3 Å². The summed E-state index contributed by atoms with van der Waals surface area (Å²) in [6.07, 6.45) is 0.521. The smallest absolute Gasteiger partial charge is 0.319 e. The molecular weight excluding hydrogens is 452 g/mol. The number of hydrogen-bond donors (Lipinski definition) is 1. The molecule has 2 rings (SSSR count). The Kier molecular flexibility index (Phi) is 8.00. The molecule has 28 heavy (non-hydrogen) atoms. The summed E-state index contributed by atoms with van der Waals surface area (Å²) >= 11 is 4.45. The van der Waals surface area contributed by atoms with Gasteiger partial charge < -0.3 is 10.1 Å². The highest BCUT2D eigenvalue weighted by Crippen LogP contribution is 2.35. The molecule has 1 amide bonds. The first-order valence-electron chi connectivity index (χ1n) is 8.64. The van der Waals surface area contributed by atoms with Crippen molar-refractivity contribution in [1.29, 1.82) is 0 Å². The molecular formula is C20H20BrF2NO3S. The van der Waals surface area contributed by atoms with Crippen molar-refractivity contribution >= 4 is 45.3 Å². The maximum Gasteiger partial charge on any atom is 0.319 e. The summed E-state index contributed by atoms with van der Waals surface area (Å²) in [5.41, 5.74) is 0.00414. The van der Waals surface area contributed by atoms with E-state index in [1.54, 1.807) is 6.92 Å². The number of ether oxygens (including phenoxy) is 1. The fourth-order valence-corrected chi connectivity index (χ4v) is 3.64. The van der Waals surface area contributed by atoms with E-state index >= 15 is 0 Å². The molecule has 0 bridgehead atoms. The number of benzene rings is 2. The van der Waals surface area contributed by atoms with Gasteiger partial charge in [0.1, 0.15) is 16.9 Å². The summed E-state index contributed by atoms with van der Waals surface area (Å²) in [5, 5.41) is 1.91. The fourth-order valence-electron chi connectivity index (χ4n) is 2.16. The standard InChI is InChI=1S/C20H20BrF2NO3S/c1-4-11(2)27-20(26)12(3)28-18-10-17(16(23)9-15(18)21)24-19(25)13-6-5-7-14(22)8-13/h5-12H,4H2,1-3H3,(H,24,25). The van der Waals surface area contributed by atoms with Gasteiger partial charge in [0.15, 0.2) is 0 Å². The number of rotatable bonds is 7. The van der Waals surface area contributed by atoms with Crippen LogP contribution in [0.15, 0.2) is 45.8 Å². The zero-order chi connectivity index (χ0) is 20.8. The van der Waals surface area contributed by atoms with E-state index in [0.29, 0.717) is 15.8 Å². The third kappa shape index (κ3) is 6.04. The number of halogens is 3. The summed E-state index contributed by atoms with van der Waals surface area (Å²) in [5.74, 6) is -2.23. The minimum Gasteiger partial charge on any atom is -0.462 e. The average Bonchev–Trinajstić information content (AvgIpc) is 2.65. The lowest BCUT2D eigenvalue weighted by Gasteiger charge is -2.16. The van der Waals surface area contributed by atoms with Gasteiger partial charge in [-0.2, -0.15) is 0 Å². The van der Waals surface area contributed by atoms with Crippen molar-refractivity contribution in [2.24, 2.45) is 0 Å². The van der Waals surface area contributed by atoms with Crippen molar-refractivity contribution in [2.45, 2.75) is 43.4 Å². The number of carbonyl (C=O) groups excluding carboxylic acids is 2. The molecule has 0 aromatic heterocycles. The Balaban J connectivity index is 2.17. The van der Waals surface area contributed by atoms with Crippen molar-refractivity contribution in [3.8, 4) is 0 Å². The van der Waals surface area contributed by atoms with E-state index < -0.39 is 22.8 Å². The van der Waals surface area contributed by atoms with Gasteiger partial charge in [-0.05, 0) is 66.5 Å². The van der Waals surface area contributed by atoms with Gasteiger partial charge in [0, 0.05) is 14.9 Å². The number of anilines is 1. The molecule has 0 aliphatic rings. The van der Waals surface area contributed by atoms with Crippen molar-refractivity contribution in [3.05, 3.63) is 58.1 Å². The molecule has 0 aliphatic heterocycles. The molecule has 0 saturated carbocycles. The van der Waals surface area contributed by atoms with E-state index in [1.165, 1.54) is 42.1 Å². The molecule has 0 spiro atoms. The van der Waals surface area contributed by atoms with Gasteiger partial charge in [-0.25, -0.2) is 8.78 Å². The maximum absolute atomic E-state index is 14.3. The first-order chi connectivity index (χ1) is 13.2. The number of amides is 1. The highest BCUT2D eigenvalue weighted by atomic mass is 79.9. The van der Waals surface area contributed by atoms with Gasteiger partial charge in [-0.15, -0.1) is 11.8 Å². The van der Waals surface area contributed by atoms with E-state index in [0.717, 1.165) is 6.07 Å². The Bertz CT molecular complexity index is 879. The second kappa shape index (κ2) is 10.0. The molecule has 2 atom stereocenters. The van der Waals surface area contributed by atoms with Crippen molar-refractivity contribution in [2.75, 3.05) is 5.32 Å². The summed E-state index contributed by atoms with van der Waals surface area (Å²) < 4.78 is 33.3. The predicted molar refractivity (Wildman–Crippen MR) is 110 cm³/mol. The van der Waals surface area contributed by atoms with Crippen LogP contribution in [0.2, 0.25) is 0 Å². The number of thioether (sulfide) groups is 1. The lowest BCUT2D eigenvalue weighted by Crippen LogP contribution is -2.22. The molecule has 1 N–H and O–H groups in total. The first-order valence-corrected chi connectivity index (χ1v) is 10.3. The third-order valence-electron chi connectivity index (χ3n) is 3.88. The molecule has 2 aromatic rings. The second-order valence-corrected chi connectivity index (χ2v) is 8.38. The van der Waals surface area contributed by atoms with Crippen LogP contribution in [0.25, 0.3) is 0 Å². The quantitative estimate of drug-likeness (QED) is 0.409. The molecule has 4 nitrogen and oxygen atoms in total. The summed E-state index contributed by atoms with van der Waals surface area (Å²) in [7, 11) is 0. The van der Waals surface area contributed by atoms with E-state index in [4.69, 9.17) is 4.74 Å². The summed E-state index contributed by atoms with van der Waals surface area (Å²) in [6, 6.07) is 7.73. The number of carbonyl (C=O) groups is 2. The average molecular weight is 472 g/mol. The van der Waals surface area contributed by atoms with Gasteiger partial charge in [-0.1, -0.05) is 13.0 Å². The van der Waals surface area contributed by atoms with Crippen LogP contribution in [-0.2, 0) is 9.53 Å².